The van der Waals surface area contributed by atoms with Gasteiger partial charge in [0.2, 0.25) is 5.91 Å². The highest BCUT2D eigenvalue weighted by Crippen LogP contribution is 2.34. The van der Waals surface area contributed by atoms with Gasteiger partial charge in [0.1, 0.15) is 5.75 Å². The molecule has 0 aliphatic carbocycles. The van der Waals surface area contributed by atoms with E-state index in [1.165, 1.54) is 19.4 Å². The number of hydrogen-bond acceptors (Lipinski definition) is 5. The van der Waals surface area contributed by atoms with Crippen LogP contribution in [0.25, 0.3) is 11.1 Å². The Labute approximate surface area is 161 Å². The second kappa shape index (κ2) is 8.30. The third-order valence-electron chi connectivity index (χ3n) is 4.48. The number of benzene rings is 2. The standard InChI is InChI=1S/C21H19N3O4/c1-28-16-7-8-17(20(13-16)24(26)27)15-9-10-23-19(12-15)18(21(22)25)11-14-5-3-2-4-6-14/h2-10,12-13,18H,11H2,1H3,(H2,22,25). The summed E-state index contributed by atoms with van der Waals surface area (Å²) in [5.41, 5.74) is 7.95. The summed E-state index contributed by atoms with van der Waals surface area (Å²) >= 11 is 0. The second-order valence-electron chi connectivity index (χ2n) is 6.25. The Morgan fingerprint density at radius 2 is 1.93 bits per heavy atom. The summed E-state index contributed by atoms with van der Waals surface area (Å²) in [6.07, 6.45) is 1.93. The van der Waals surface area contributed by atoms with Crippen LogP contribution >= 0.6 is 0 Å². The molecular formula is C21H19N3O4. The number of hydrogen-bond donors (Lipinski definition) is 1. The molecule has 3 rings (SSSR count). The van der Waals surface area contributed by atoms with Gasteiger partial charge in [-0.3, -0.25) is 19.9 Å². The third kappa shape index (κ3) is 4.15. The summed E-state index contributed by atoms with van der Waals surface area (Å²) < 4.78 is 5.08. The van der Waals surface area contributed by atoms with Crippen molar-refractivity contribution in [1.82, 2.24) is 4.98 Å². The third-order valence-corrected chi connectivity index (χ3v) is 4.48. The van der Waals surface area contributed by atoms with Gasteiger partial charge < -0.3 is 10.5 Å². The van der Waals surface area contributed by atoms with Crippen molar-refractivity contribution < 1.29 is 14.5 Å². The fraction of sp³-hybridized carbons (Fsp3) is 0.143. The van der Waals surface area contributed by atoms with E-state index in [1.54, 1.807) is 24.3 Å². The van der Waals surface area contributed by atoms with Crippen LogP contribution in [-0.4, -0.2) is 22.9 Å². The van der Waals surface area contributed by atoms with Gasteiger partial charge in [0.05, 0.1) is 35.3 Å². The Balaban J connectivity index is 2.02. The van der Waals surface area contributed by atoms with Crippen molar-refractivity contribution in [2.24, 2.45) is 5.73 Å². The van der Waals surface area contributed by atoms with Crippen LogP contribution < -0.4 is 10.5 Å². The molecule has 2 aromatic carbocycles. The molecule has 3 aromatic rings. The van der Waals surface area contributed by atoms with Gasteiger partial charge in [0.25, 0.3) is 5.69 Å². The van der Waals surface area contributed by atoms with E-state index in [4.69, 9.17) is 10.5 Å². The van der Waals surface area contributed by atoms with E-state index in [0.717, 1.165) is 5.56 Å². The van der Waals surface area contributed by atoms with Crippen LogP contribution in [0.2, 0.25) is 0 Å². The summed E-state index contributed by atoms with van der Waals surface area (Å²) in [5.74, 6) is -0.749. The molecule has 0 aliphatic heterocycles. The van der Waals surface area contributed by atoms with Crippen LogP contribution in [0.5, 0.6) is 5.75 Å². The number of nitro benzene ring substituents is 1. The number of aromatic nitrogens is 1. The highest BCUT2D eigenvalue weighted by molar-refractivity contribution is 5.83. The van der Waals surface area contributed by atoms with E-state index in [0.29, 0.717) is 29.0 Å². The van der Waals surface area contributed by atoms with Gasteiger partial charge in [-0.1, -0.05) is 30.3 Å². The van der Waals surface area contributed by atoms with Crippen LogP contribution in [0, 0.1) is 10.1 Å². The lowest BCUT2D eigenvalue weighted by Gasteiger charge is -2.14. The first kappa shape index (κ1) is 19.0. The Morgan fingerprint density at radius 3 is 2.57 bits per heavy atom. The van der Waals surface area contributed by atoms with Crippen LogP contribution in [0.15, 0.2) is 66.9 Å². The molecule has 1 aromatic heterocycles. The van der Waals surface area contributed by atoms with Crippen molar-refractivity contribution in [3.63, 3.8) is 0 Å². The number of carbonyl (C=O) groups is 1. The SMILES string of the molecule is COc1ccc(-c2ccnc(C(Cc3ccccc3)C(N)=O)c2)c([N+](=O)[O-])c1. The van der Waals surface area contributed by atoms with E-state index in [-0.39, 0.29) is 5.69 Å². The van der Waals surface area contributed by atoms with Gasteiger partial charge in [-0.2, -0.15) is 0 Å². The molecule has 2 N–H and O–H groups in total. The van der Waals surface area contributed by atoms with Crippen LogP contribution in [0.3, 0.4) is 0 Å². The number of rotatable bonds is 7. The molecule has 0 bridgehead atoms. The topological polar surface area (TPSA) is 108 Å². The number of nitro groups is 1. The van der Waals surface area contributed by atoms with E-state index >= 15 is 0 Å². The molecule has 0 fully saturated rings. The van der Waals surface area contributed by atoms with Gasteiger partial charge in [0.15, 0.2) is 0 Å². The quantitative estimate of drug-likeness (QED) is 0.501. The first-order valence-electron chi connectivity index (χ1n) is 8.61. The molecule has 0 saturated heterocycles. The molecule has 7 nitrogen and oxygen atoms in total. The Morgan fingerprint density at radius 1 is 1.18 bits per heavy atom. The second-order valence-corrected chi connectivity index (χ2v) is 6.25. The van der Waals surface area contributed by atoms with Gasteiger partial charge in [-0.15, -0.1) is 0 Å². The fourth-order valence-electron chi connectivity index (χ4n) is 3.04. The fourth-order valence-corrected chi connectivity index (χ4v) is 3.04. The van der Waals surface area contributed by atoms with Gasteiger partial charge in [-0.05, 0) is 41.8 Å². The Bertz CT molecular complexity index is 1010. The molecule has 0 spiro atoms. The maximum Gasteiger partial charge on any atom is 0.280 e. The predicted molar refractivity (Wildman–Crippen MR) is 105 cm³/mol. The predicted octanol–water partition coefficient (Wildman–Crippen LogP) is 3.48. The lowest BCUT2D eigenvalue weighted by molar-refractivity contribution is -0.384. The highest BCUT2D eigenvalue weighted by atomic mass is 16.6. The van der Waals surface area contributed by atoms with Crippen molar-refractivity contribution in [3.8, 4) is 16.9 Å². The molecule has 1 heterocycles. The number of nitrogens with zero attached hydrogens (tertiary/aromatic N) is 2. The van der Waals surface area contributed by atoms with E-state index in [1.807, 2.05) is 30.3 Å². The first-order valence-corrected chi connectivity index (χ1v) is 8.61. The van der Waals surface area contributed by atoms with E-state index in [9.17, 15) is 14.9 Å². The molecule has 0 aliphatic rings. The minimum absolute atomic E-state index is 0.0878. The normalized spacial score (nSPS) is 11.6. The summed E-state index contributed by atoms with van der Waals surface area (Å²) in [6.45, 7) is 0. The summed E-state index contributed by atoms with van der Waals surface area (Å²) in [7, 11) is 1.45. The maximum atomic E-state index is 12.1. The summed E-state index contributed by atoms with van der Waals surface area (Å²) in [5, 5.41) is 11.5. The van der Waals surface area contributed by atoms with Crippen molar-refractivity contribution in [1.29, 1.82) is 0 Å². The van der Waals surface area contributed by atoms with Crippen LogP contribution in [0.4, 0.5) is 5.69 Å². The van der Waals surface area contributed by atoms with E-state index in [2.05, 4.69) is 4.98 Å². The minimum atomic E-state index is -0.639. The van der Waals surface area contributed by atoms with Crippen LogP contribution in [-0.2, 0) is 11.2 Å². The number of amides is 1. The Hall–Kier alpha value is -3.74. The monoisotopic (exact) mass is 377 g/mol. The van der Waals surface area contributed by atoms with Crippen LogP contribution in [0.1, 0.15) is 17.2 Å². The van der Waals surface area contributed by atoms with Crippen molar-refractivity contribution in [2.75, 3.05) is 7.11 Å². The molecule has 0 saturated carbocycles. The minimum Gasteiger partial charge on any atom is -0.497 e. The molecular weight excluding hydrogens is 358 g/mol. The lowest BCUT2D eigenvalue weighted by atomic mass is 9.93. The highest BCUT2D eigenvalue weighted by Gasteiger charge is 2.22. The molecule has 7 heteroatoms. The van der Waals surface area contributed by atoms with Gasteiger partial charge >= 0.3 is 0 Å². The molecule has 142 valence electrons. The molecule has 1 atom stereocenters. The molecule has 0 radical (unpaired) electrons. The summed E-state index contributed by atoms with van der Waals surface area (Å²) in [6, 6.07) is 17.5. The summed E-state index contributed by atoms with van der Waals surface area (Å²) in [4.78, 5) is 27.4. The zero-order valence-electron chi connectivity index (χ0n) is 15.2. The molecule has 28 heavy (non-hydrogen) atoms. The smallest absolute Gasteiger partial charge is 0.280 e. The zero-order chi connectivity index (χ0) is 20.1. The largest absolute Gasteiger partial charge is 0.497 e. The average Bonchev–Trinajstić information content (AvgIpc) is 2.72. The van der Waals surface area contributed by atoms with Crippen molar-refractivity contribution >= 4 is 11.6 Å². The number of methoxy groups -OCH3 is 1. The van der Waals surface area contributed by atoms with Gasteiger partial charge in [-0.25, -0.2) is 0 Å². The van der Waals surface area contributed by atoms with Gasteiger partial charge in [0, 0.05) is 6.20 Å². The van der Waals surface area contributed by atoms with Crippen molar-refractivity contribution in [2.45, 2.75) is 12.3 Å². The molecule has 1 amide bonds. The number of ether oxygens (including phenoxy) is 1. The number of pyridine rings is 1. The molecule has 1 unspecified atom stereocenters. The lowest BCUT2D eigenvalue weighted by Crippen LogP contribution is -2.24. The van der Waals surface area contributed by atoms with E-state index < -0.39 is 16.7 Å². The number of primary amides is 1. The zero-order valence-corrected chi connectivity index (χ0v) is 15.2. The average molecular weight is 377 g/mol. The first-order chi connectivity index (χ1) is 13.5. The maximum absolute atomic E-state index is 12.1. The number of carbonyl (C=O) groups excluding carboxylic acids is 1. The Kier molecular flexibility index (Phi) is 5.64. The van der Waals surface area contributed by atoms with Crippen molar-refractivity contribution in [3.05, 3.63) is 88.2 Å². The number of nitrogens with two attached hydrogens (primary N) is 1.